The van der Waals surface area contributed by atoms with E-state index < -0.39 is 0 Å². The molecule has 0 aliphatic carbocycles. The van der Waals surface area contributed by atoms with Crippen LogP contribution in [0.4, 0.5) is 0 Å². The van der Waals surface area contributed by atoms with Gasteiger partial charge in [0.1, 0.15) is 5.75 Å². The van der Waals surface area contributed by atoms with Gasteiger partial charge < -0.3 is 10.3 Å². The molecule has 13 heavy (non-hydrogen) atoms. The van der Waals surface area contributed by atoms with Crippen molar-refractivity contribution in [3.8, 4) is 5.75 Å². The molecule has 0 aliphatic rings. The van der Waals surface area contributed by atoms with E-state index in [1.165, 1.54) is 0 Å². The summed E-state index contributed by atoms with van der Waals surface area (Å²) in [6, 6.07) is 1.57. The highest BCUT2D eigenvalue weighted by atomic mass is 35.5. The largest absolute Gasteiger partial charge is 0.506 e. The molecule has 0 saturated heterocycles. The van der Waals surface area contributed by atoms with Crippen LogP contribution >= 0.6 is 23.2 Å². The predicted molar refractivity (Wildman–Crippen MR) is 51.5 cm³/mol. The Kier molecular flexibility index (Phi) is 3.39. The molecule has 72 valence electrons. The molecule has 0 unspecified atom stereocenters. The Hall–Kier alpha value is -0.480. The second-order valence-corrected chi connectivity index (χ2v) is 3.44. The van der Waals surface area contributed by atoms with Gasteiger partial charge in [0.05, 0.1) is 16.6 Å². The summed E-state index contributed by atoms with van der Waals surface area (Å²) in [7, 11) is 0. The smallest absolute Gasteiger partial charge is 0.140 e. The molecule has 0 amide bonds. The van der Waals surface area contributed by atoms with Crippen molar-refractivity contribution in [2.45, 2.75) is 13.5 Å². The van der Waals surface area contributed by atoms with Gasteiger partial charge in [0.15, 0.2) is 0 Å². The zero-order valence-corrected chi connectivity index (χ0v) is 8.45. The highest BCUT2D eigenvalue weighted by molar-refractivity contribution is 6.35. The zero-order chi connectivity index (χ0) is 10.0. The molecular formula is C8H9Cl2NO2. The fraction of sp³-hybridized carbons (Fsp3) is 0.250. The molecule has 0 saturated carbocycles. The third-order valence-electron chi connectivity index (χ3n) is 1.72. The Morgan fingerprint density at radius 3 is 2.62 bits per heavy atom. The normalized spacial score (nSPS) is 10.5. The first-order valence-corrected chi connectivity index (χ1v) is 4.37. The van der Waals surface area contributed by atoms with E-state index >= 15 is 0 Å². The van der Waals surface area contributed by atoms with Gasteiger partial charge in [-0.25, -0.2) is 5.48 Å². The van der Waals surface area contributed by atoms with Crippen molar-refractivity contribution in [2.75, 3.05) is 0 Å². The van der Waals surface area contributed by atoms with E-state index in [0.717, 1.165) is 5.56 Å². The number of hydrogen-bond acceptors (Lipinski definition) is 3. The number of aryl methyl sites for hydroxylation is 1. The van der Waals surface area contributed by atoms with Crippen LogP contribution < -0.4 is 5.48 Å². The minimum Gasteiger partial charge on any atom is -0.506 e. The van der Waals surface area contributed by atoms with Crippen molar-refractivity contribution >= 4 is 23.2 Å². The lowest BCUT2D eigenvalue weighted by Crippen LogP contribution is -2.07. The van der Waals surface area contributed by atoms with Crippen LogP contribution in [0.15, 0.2) is 6.07 Å². The van der Waals surface area contributed by atoms with E-state index in [-0.39, 0.29) is 17.3 Å². The van der Waals surface area contributed by atoms with E-state index in [0.29, 0.717) is 10.6 Å². The maximum absolute atomic E-state index is 9.47. The lowest BCUT2D eigenvalue weighted by molar-refractivity contribution is 0.160. The SMILES string of the molecule is Cc1cc(Cl)c(O)c(CNO)c1Cl. The van der Waals surface area contributed by atoms with Crippen molar-refractivity contribution in [1.82, 2.24) is 5.48 Å². The second kappa shape index (κ2) is 4.15. The Morgan fingerprint density at radius 2 is 2.08 bits per heavy atom. The summed E-state index contributed by atoms with van der Waals surface area (Å²) < 4.78 is 0. The first-order valence-electron chi connectivity index (χ1n) is 3.61. The molecule has 0 heterocycles. The van der Waals surface area contributed by atoms with Crippen LogP contribution in [-0.2, 0) is 6.54 Å². The number of halogens is 2. The number of rotatable bonds is 2. The molecule has 1 rings (SSSR count). The summed E-state index contributed by atoms with van der Waals surface area (Å²) in [5, 5.41) is 18.6. The number of nitrogens with one attached hydrogen (secondary N) is 1. The summed E-state index contributed by atoms with van der Waals surface area (Å²) >= 11 is 11.6. The summed E-state index contributed by atoms with van der Waals surface area (Å²) in [5.41, 5.74) is 3.07. The van der Waals surface area contributed by atoms with Crippen molar-refractivity contribution < 1.29 is 10.3 Å². The number of benzene rings is 1. The van der Waals surface area contributed by atoms with E-state index in [4.69, 9.17) is 28.4 Å². The van der Waals surface area contributed by atoms with Crippen LogP contribution in [0, 0.1) is 6.92 Å². The summed E-state index contributed by atoms with van der Waals surface area (Å²) in [6.07, 6.45) is 0. The van der Waals surface area contributed by atoms with Crippen LogP contribution in [-0.4, -0.2) is 10.3 Å². The molecule has 3 nitrogen and oxygen atoms in total. The van der Waals surface area contributed by atoms with Crippen LogP contribution in [0.25, 0.3) is 0 Å². The molecule has 0 bridgehead atoms. The van der Waals surface area contributed by atoms with Gasteiger partial charge in [0.25, 0.3) is 0 Å². The van der Waals surface area contributed by atoms with Gasteiger partial charge >= 0.3 is 0 Å². The fourth-order valence-corrected chi connectivity index (χ4v) is 1.54. The summed E-state index contributed by atoms with van der Waals surface area (Å²) in [6.45, 7) is 1.83. The Morgan fingerprint density at radius 1 is 1.46 bits per heavy atom. The van der Waals surface area contributed by atoms with Crippen molar-refractivity contribution in [3.63, 3.8) is 0 Å². The number of aromatic hydroxyl groups is 1. The van der Waals surface area contributed by atoms with E-state index in [1.54, 1.807) is 13.0 Å². The lowest BCUT2D eigenvalue weighted by Gasteiger charge is -2.09. The number of phenolic OH excluding ortho intramolecular Hbond substituents is 1. The third-order valence-corrected chi connectivity index (χ3v) is 2.54. The van der Waals surface area contributed by atoms with Crippen LogP contribution in [0.3, 0.4) is 0 Å². The maximum Gasteiger partial charge on any atom is 0.140 e. The van der Waals surface area contributed by atoms with Gasteiger partial charge in [-0.3, -0.25) is 0 Å². The second-order valence-electron chi connectivity index (χ2n) is 2.65. The molecule has 0 atom stereocenters. The topological polar surface area (TPSA) is 52.5 Å². The number of phenols is 1. The van der Waals surface area contributed by atoms with Crippen molar-refractivity contribution in [2.24, 2.45) is 0 Å². The summed E-state index contributed by atoms with van der Waals surface area (Å²) in [5.74, 6) is -0.0983. The van der Waals surface area contributed by atoms with Gasteiger partial charge in [-0.1, -0.05) is 23.2 Å². The monoisotopic (exact) mass is 221 g/mol. The Labute approximate surface area is 85.9 Å². The minimum absolute atomic E-state index is 0.0616. The average molecular weight is 222 g/mol. The highest BCUT2D eigenvalue weighted by Gasteiger charge is 2.12. The van der Waals surface area contributed by atoms with Gasteiger partial charge in [0, 0.05) is 5.56 Å². The van der Waals surface area contributed by atoms with E-state index in [1.807, 2.05) is 5.48 Å². The third kappa shape index (κ3) is 2.06. The zero-order valence-electron chi connectivity index (χ0n) is 6.93. The van der Waals surface area contributed by atoms with Crippen LogP contribution in [0.2, 0.25) is 10.0 Å². The van der Waals surface area contributed by atoms with Gasteiger partial charge in [-0.15, -0.1) is 0 Å². The van der Waals surface area contributed by atoms with Crippen molar-refractivity contribution in [3.05, 3.63) is 27.2 Å². The van der Waals surface area contributed by atoms with Crippen molar-refractivity contribution in [1.29, 1.82) is 0 Å². The molecule has 0 aliphatic heterocycles. The lowest BCUT2D eigenvalue weighted by atomic mass is 10.1. The minimum atomic E-state index is -0.0983. The quantitative estimate of drug-likeness (QED) is 0.673. The van der Waals surface area contributed by atoms with Gasteiger partial charge in [-0.2, -0.15) is 0 Å². The first-order chi connectivity index (χ1) is 6.07. The van der Waals surface area contributed by atoms with Crippen LogP contribution in [0.5, 0.6) is 5.75 Å². The van der Waals surface area contributed by atoms with E-state index in [9.17, 15) is 5.11 Å². The Bertz CT molecular complexity index is 302. The Balaban J connectivity index is 3.28. The standard InChI is InChI=1S/C8H9Cl2NO2/c1-4-2-6(9)8(12)5(3-11-13)7(4)10/h2,11-13H,3H2,1H3. The first kappa shape index (κ1) is 10.6. The van der Waals surface area contributed by atoms with Gasteiger partial charge in [0.2, 0.25) is 0 Å². The molecule has 1 aromatic carbocycles. The number of hydrogen-bond donors (Lipinski definition) is 3. The molecular weight excluding hydrogens is 213 g/mol. The van der Waals surface area contributed by atoms with Crippen LogP contribution in [0.1, 0.15) is 11.1 Å². The molecule has 0 spiro atoms. The predicted octanol–water partition coefficient (Wildman–Crippen LogP) is 2.49. The number of hydroxylamine groups is 1. The summed E-state index contributed by atoms with van der Waals surface area (Å²) in [4.78, 5) is 0. The molecule has 3 N–H and O–H groups in total. The highest BCUT2D eigenvalue weighted by Crippen LogP contribution is 2.35. The fourth-order valence-electron chi connectivity index (χ4n) is 1.05. The van der Waals surface area contributed by atoms with Gasteiger partial charge in [-0.05, 0) is 18.6 Å². The van der Waals surface area contributed by atoms with E-state index in [2.05, 4.69) is 0 Å². The molecule has 0 radical (unpaired) electrons. The maximum atomic E-state index is 9.47. The molecule has 0 aromatic heterocycles. The molecule has 1 aromatic rings. The molecule has 0 fully saturated rings. The molecule has 5 heteroatoms. The average Bonchev–Trinajstić information content (AvgIpc) is 2.09.